The fraction of sp³-hybridized carbons (Fsp3) is 0.375. The van der Waals surface area contributed by atoms with Crippen LogP contribution in [-0.4, -0.2) is 11.8 Å². The third kappa shape index (κ3) is 1.72. The second kappa shape index (κ2) is 4.41. The van der Waals surface area contributed by atoms with Crippen molar-refractivity contribution in [3.8, 4) is 0 Å². The molecule has 4 aliphatic rings. The summed E-state index contributed by atoms with van der Waals surface area (Å²) in [5.74, 6) is -1.61. The first-order valence-corrected chi connectivity index (χ1v) is 7.47. The van der Waals surface area contributed by atoms with Gasteiger partial charge in [-0.25, -0.2) is 9.29 Å². The Labute approximate surface area is 126 Å². The molecule has 0 aromatic heterocycles. The number of nitrogens with zero attached hydrogens (tertiary/aromatic N) is 1. The van der Waals surface area contributed by atoms with Crippen molar-refractivity contribution < 1.29 is 14.0 Å². The van der Waals surface area contributed by atoms with Gasteiger partial charge in [0.15, 0.2) is 0 Å². The lowest BCUT2D eigenvalue weighted by Gasteiger charge is -2.38. The lowest BCUT2D eigenvalue weighted by molar-refractivity contribution is -0.124. The molecule has 3 aliphatic carbocycles. The van der Waals surface area contributed by atoms with Crippen LogP contribution in [0.2, 0.25) is 5.02 Å². The number of carbonyl (C=O) groups excluding carboxylic acids is 2. The minimum atomic E-state index is -0.636. The monoisotopic (exact) mass is 305 g/mol. The third-order valence-corrected chi connectivity index (χ3v) is 5.15. The van der Waals surface area contributed by atoms with Crippen molar-refractivity contribution in [1.82, 2.24) is 0 Å². The molecule has 0 radical (unpaired) electrons. The zero-order chi connectivity index (χ0) is 14.7. The summed E-state index contributed by atoms with van der Waals surface area (Å²) in [4.78, 5) is 26.3. The fourth-order valence-electron chi connectivity index (χ4n) is 3.97. The first-order chi connectivity index (χ1) is 10.1. The van der Waals surface area contributed by atoms with Crippen molar-refractivity contribution in [2.24, 2.45) is 23.7 Å². The van der Waals surface area contributed by atoms with E-state index in [0.717, 1.165) is 23.8 Å². The summed E-state index contributed by atoms with van der Waals surface area (Å²) in [6, 6.07) is 4.03. The first kappa shape index (κ1) is 13.0. The Kier molecular flexibility index (Phi) is 2.73. The van der Waals surface area contributed by atoms with Crippen LogP contribution in [0.15, 0.2) is 30.4 Å². The molecular formula is C16H13ClFNO2. The standard InChI is InChI=1S/C16H13ClFNO2/c17-10-5-6-12(11(18)7-10)19-15(20)13-8-1-2-9(4-3-8)14(13)16(19)21/h1-2,5-9,13-14H,3-4H2/t8-,9+,13-,14+. The molecule has 1 saturated heterocycles. The van der Waals surface area contributed by atoms with Gasteiger partial charge >= 0.3 is 0 Å². The number of benzene rings is 1. The highest BCUT2D eigenvalue weighted by Gasteiger charge is 2.57. The molecule has 2 amide bonds. The number of allylic oxidation sites excluding steroid dienone is 2. The van der Waals surface area contributed by atoms with Gasteiger partial charge in [-0.2, -0.15) is 0 Å². The minimum Gasteiger partial charge on any atom is -0.274 e. The van der Waals surface area contributed by atoms with Gasteiger partial charge in [0.1, 0.15) is 5.82 Å². The normalized spacial score (nSPS) is 33.7. The van der Waals surface area contributed by atoms with E-state index in [1.807, 2.05) is 12.2 Å². The van der Waals surface area contributed by atoms with Gasteiger partial charge in [-0.15, -0.1) is 0 Å². The van der Waals surface area contributed by atoms with E-state index < -0.39 is 5.82 Å². The van der Waals surface area contributed by atoms with Crippen LogP contribution in [-0.2, 0) is 9.59 Å². The Hall–Kier alpha value is -1.68. The number of imide groups is 1. The predicted octanol–water partition coefficient (Wildman–Crippen LogP) is 3.18. The van der Waals surface area contributed by atoms with Crippen molar-refractivity contribution in [2.75, 3.05) is 4.90 Å². The van der Waals surface area contributed by atoms with Crippen LogP contribution >= 0.6 is 11.6 Å². The second-order valence-corrected chi connectivity index (χ2v) is 6.39. The summed E-state index contributed by atoms with van der Waals surface area (Å²) >= 11 is 5.74. The molecule has 0 N–H and O–H groups in total. The number of anilines is 1. The Morgan fingerprint density at radius 2 is 1.62 bits per heavy atom. The number of fused-ring (bicyclic) bond motifs is 1. The number of hydrogen-bond donors (Lipinski definition) is 0. The van der Waals surface area contributed by atoms with E-state index in [9.17, 15) is 14.0 Å². The smallest absolute Gasteiger partial charge is 0.238 e. The van der Waals surface area contributed by atoms with Gasteiger partial charge in [-0.3, -0.25) is 9.59 Å². The highest BCUT2D eigenvalue weighted by atomic mass is 35.5. The van der Waals surface area contributed by atoms with E-state index in [2.05, 4.69) is 0 Å². The summed E-state index contributed by atoms with van der Waals surface area (Å²) < 4.78 is 14.1. The highest BCUT2D eigenvalue weighted by Crippen LogP contribution is 2.50. The second-order valence-electron chi connectivity index (χ2n) is 5.95. The van der Waals surface area contributed by atoms with Crippen LogP contribution in [0.4, 0.5) is 10.1 Å². The average Bonchev–Trinajstić information content (AvgIpc) is 2.75. The van der Waals surface area contributed by atoms with Crippen molar-refractivity contribution in [2.45, 2.75) is 12.8 Å². The molecule has 21 heavy (non-hydrogen) atoms. The van der Waals surface area contributed by atoms with E-state index in [4.69, 9.17) is 11.6 Å². The van der Waals surface area contributed by atoms with Crippen molar-refractivity contribution in [1.29, 1.82) is 0 Å². The Morgan fingerprint density at radius 3 is 2.10 bits per heavy atom. The van der Waals surface area contributed by atoms with Gasteiger partial charge in [-0.1, -0.05) is 23.8 Å². The maximum Gasteiger partial charge on any atom is 0.238 e. The zero-order valence-electron chi connectivity index (χ0n) is 11.1. The van der Waals surface area contributed by atoms with Crippen LogP contribution in [0.1, 0.15) is 12.8 Å². The van der Waals surface area contributed by atoms with Crippen molar-refractivity contribution in [3.05, 3.63) is 41.2 Å². The van der Waals surface area contributed by atoms with Crippen LogP contribution in [0.25, 0.3) is 0 Å². The SMILES string of the molecule is O=C1[C@@H]2[C@H](C(=O)N1c1ccc(Cl)cc1F)[C@@H]1C=C[C@H]2CC1. The van der Waals surface area contributed by atoms with Gasteiger partial charge < -0.3 is 0 Å². The molecule has 5 rings (SSSR count). The highest BCUT2D eigenvalue weighted by molar-refractivity contribution is 6.31. The summed E-state index contributed by atoms with van der Waals surface area (Å²) in [6.45, 7) is 0. The van der Waals surface area contributed by atoms with E-state index in [0.29, 0.717) is 0 Å². The van der Waals surface area contributed by atoms with Gasteiger partial charge in [0.25, 0.3) is 0 Å². The van der Waals surface area contributed by atoms with Crippen molar-refractivity contribution in [3.63, 3.8) is 0 Å². The number of hydrogen-bond acceptors (Lipinski definition) is 2. The number of amides is 2. The molecule has 5 heteroatoms. The average molecular weight is 306 g/mol. The van der Waals surface area contributed by atoms with Crippen molar-refractivity contribution >= 4 is 29.1 Å². The topological polar surface area (TPSA) is 37.4 Å². The lowest BCUT2D eigenvalue weighted by atomic mass is 9.63. The maximum atomic E-state index is 14.1. The molecule has 2 bridgehead atoms. The van der Waals surface area contributed by atoms with Crippen LogP contribution in [0, 0.1) is 29.5 Å². The molecule has 4 atom stereocenters. The number of carbonyl (C=O) groups is 2. The van der Waals surface area contributed by atoms with E-state index >= 15 is 0 Å². The third-order valence-electron chi connectivity index (χ3n) is 4.91. The molecule has 108 valence electrons. The minimum absolute atomic E-state index is 0.0169. The van der Waals surface area contributed by atoms with E-state index in [-0.39, 0.29) is 46.2 Å². The maximum absolute atomic E-state index is 14.1. The summed E-state index contributed by atoms with van der Waals surface area (Å²) in [6.07, 6.45) is 5.95. The molecule has 2 fully saturated rings. The molecule has 1 saturated carbocycles. The van der Waals surface area contributed by atoms with E-state index in [1.165, 1.54) is 12.1 Å². The zero-order valence-corrected chi connectivity index (χ0v) is 11.9. The summed E-state index contributed by atoms with van der Waals surface area (Å²) in [5, 5.41) is 0.245. The fourth-order valence-corrected chi connectivity index (χ4v) is 4.13. The number of halogens is 2. The molecule has 1 heterocycles. The van der Waals surface area contributed by atoms with Crippen LogP contribution < -0.4 is 4.90 Å². The Morgan fingerprint density at radius 1 is 1.05 bits per heavy atom. The first-order valence-electron chi connectivity index (χ1n) is 7.09. The molecule has 1 aromatic rings. The number of rotatable bonds is 1. The quantitative estimate of drug-likeness (QED) is 0.590. The molecule has 3 nitrogen and oxygen atoms in total. The largest absolute Gasteiger partial charge is 0.274 e. The molecule has 0 spiro atoms. The molecule has 1 aromatic carbocycles. The van der Waals surface area contributed by atoms with Gasteiger partial charge in [-0.05, 0) is 42.9 Å². The molecular weight excluding hydrogens is 293 g/mol. The molecule has 0 unspecified atom stereocenters. The summed E-state index contributed by atoms with van der Waals surface area (Å²) in [5.41, 5.74) is 0.0169. The van der Waals surface area contributed by atoms with Crippen LogP contribution in [0.5, 0.6) is 0 Å². The summed E-state index contributed by atoms with van der Waals surface area (Å²) in [7, 11) is 0. The van der Waals surface area contributed by atoms with Gasteiger partial charge in [0.2, 0.25) is 11.8 Å². The predicted molar refractivity (Wildman–Crippen MR) is 76.2 cm³/mol. The lowest BCUT2D eigenvalue weighted by Crippen LogP contribution is -2.38. The van der Waals surface area contributed by atoms with E-state index in [1.54, 1.807) is 0 Å². The van der Waals surface area contributed by atoms with Gasteiger partial charge in [0.05, 0.1) is 17.5 Å². The molecule has 1 aliphatic heterocycles. The Bertz CT molecular complexity index is 655. The van der Waals surface area contributed by atoms with Crippen LogP contribution in [0.3, 0.4) is 0 Å². The van der Waals surface area contributed by atoms with Gasteiger partial charge in [0, 0.05) is 5.02 Å². The Balaban J connectivity index is 1.78.